The summed E-state index contributed by atoms with van der Waals surface area (Å²) in [5.74, 6) is -0.933. The molecule has 2 aromatic heterocycles. The lowest BCUT2D eigenvalue weighted by molar-refractivity contribution is -0.137. The van der Waals surface area contributed by atoms with E-state index >= 15 is 0 Å². The number of benzene rings is 1. The SMILES string of the molecule is Nc1nccc(CCCCC(=O)NC(CC(=O)O)c2cnc3ccccc3c2)n1. The number of nitrogens with two attached hydrogens (primary N) is 1. The number of carbonyl (C=O) groups is 2. The molecular weight excluding hydrogens is 370 g/mol. The van der Waals surface area contributed by atoms with Gasteiger partial charge in [0.2, 0.25) is 11.9 Å². The van der Waals surface area contributed by atoms with E-state index in [0.717, 1.165) is 23.0 Å². The Balaban J connectivity index is 1.57. The Morgan fingerprint density at radius 2 is 1.97 bits per heavy atom. The molecule has 0 saturated heterocycles. The van der Waals surface area contributed by atoms with E-state index in [1.807, 2.05) is 30.3 Å². The third kappa shape index (κ3) is 5.97. The largest absolute Gasteiger partial charge is 0.481 e. The number of nitrogens with zero attached hydrogens (tertiary/aromatic N) is 3. The van der Waals surface area contributed by atoms with E-state index in [-0.39, 0.29) is 18.3 Å². The molecule has 0 aliphatic heterocycles. The van der Waals surface area contributed by atoms with Gasteiger partial charge in [-0.25, -0.2) is 9.97 Å². The van der Waals surface area contributed by atoms with Crippen molar-refractivity contribution in [1.82, 2.24) is 20.3 Å². The van der Waals surface area contributed by atoms with Gasteiger partial charge in [0.05, 0.1) is 18.0 Å². The lowest BCUT2D eigenvalue weighted by Crippen LogP contribution is -2.30. The fourth-order valence-electron chi connectivity index (χ4n) is 3.12. The smallest absolute Gasteiger partial charge is 0.305 e. The van der Waals surface area contributed by atoms with Gasteiger partial charge in [-0.15, -0.1) is 0 Å². The fourth-order valence-corrected chi connectivity index (χ4v) is 3.12. The third-order valence-corrected chi connectivity index (χ3v) is 4.55. The Hall–Kier alpha value is -3.55. The van der Waals surface area contributed by atoms with Crippen molar-refractivity contribution in [3.8, 4) is 0 Å². The summed E-state index contributed by atoms with van der Waals surface area (Å²) < 4.78 is 0. The van der Waals surface area contributed by atoms with Gasteiger partial charge in [0.1, 0.15) is 0 Å². The lowest BCUT2D eigenvalue weighted by Gasteiger charge is -2.17. The summed E-state index contributed by atoms with van der Waals surface area (Å²) in [6.07, 6.45) is 5.46. The van der Waals surface area contributed by atoms with Gasteiger partial charge < -0.3 is 16.2 Å². The van der Waals surface area contributed by atoms with Crippen LogP contribution in [0.1, 0.15) is 43.0 Å². The number of para-hydroxylation sites is 1. The monoisotopic (exact) mass is 393 g/mol. The first-order valence-corrected chi connectivity index (χ1v) is 9.44. The number of fused-ring (bicyclic) bond motifs is 1. The number of carboxylic acid groups (broad SMARTS) is 1. The van der Waals surface area contributed by atoms with Crippen LogP contribution in [-0.2, 0) is 16.0 Å². The van der Waals surface area contributed by atoms with Crippen molar-refractivity contribution in [2.24, 2.45) is 0 Å². The Bertz CT molecular complexity index is 1010. The van der Waals surface area contributed by atoms with Crippen LogP contribution in [0.4, 0.5) is 5.95 Å². The molecule has 1 amide bonds. The van der Waals surface area contributed by atoms with Gasteiger partial charge in [-0.2, -0.15) is 0 Å². The summed E-state index contributed by atoms with van der Waals surface area (Å²) in [4.78, 5) is 36.0. The number of nitrogens with one attached hydrogen (secondary N) is 1. The molecule has 29 heavy (non-hydrogen) atoms. The molecule has 150 valence electrons. The number of aromatic nitrogens is 3. The lowest BCUT2D eigenvalue weighted by atomic mass is 10.0. The van der Waals surface area contributed by atoms with Crippen molar-refractivity contribution in [2.45, 2.75) is 38.1 Å². The number of pyridine rings is 1. The summed E-state index contributed by atoms with van der Waals surface area (Å²) in [6.45, 7) is 0. The van der Waals surface area contributed by atoms with Gasteiger partial charge in [0, 0.05) is 29.9 Å². The van der Waals surface area contributed by atoms with Crippen LogP contribution in [0.25, 0.3) is 10.9 Å². The second-order valence-electron chi connectivity index (χ2n) is 6.79. The number of amides is 1. The van der Waals surface area contributed by atoms with E-state index in [2.05, 4.69) is 20.3 Å². The van der Waals surface area contributed by atoms with Crippen LogP contribution in [0.5, 0.6) is 0 Å². The zero-order chi connectivity index (χ0) is 20.6. The summed E-state index contributed by atoms with van der Waals surface area (Å²) in [7, 11) is 0. The number of rotatable bonds is 9. The van der Waals surface area contributed by atoms with E-state index in [0.29, 0.717) is 24.8 Å². The van der Waals surface area contributed by atoms with E-state index in [4.69, 9.17) is 5.73 Å². The van der Waals surface area contributed by atoms with E-state index in [1.54, 1.807) is 18.5 Å². The average Bonchev–Trinajstić information content (AvgIpc) is 2.70. The molecule has 8 nitrogen and oxygen atoms in total. The highest BCUT2D eigenvalue weighted by molar-refractivity contribution is 5.80. The zero-order valence-corrected chi connectivity index (χ0v) is 15.9. The predicted octanol–water partition coefficient (Wildman–Crippen LogP) is 2.65. The standard InChI is InChI=1S/C21H23N5O3/c22-21-23-10-9-16(25-21)6-2-4-8-19(27)26-18(12-20(28)29)15-11-14-5-1-3-7-17(14)24-13-15/h1,3,5,7,9-11,13,18H,2,4,6,8,12H2,(H,26,27)(H,28,29)(H2,22,23,25). The summed E-state index contributed by atoms with van der Waals surface area (Å²) in [5, 5.41) is 13.0. The molecule has 0 fully saturated rings. The van der Waals surface area contributed by atoms with Crippen LogP contribution in [0.3, 0.4) is 0 Å². The first-order chi connectivity index (χ1) is 14.0. The van der Waals surface area contributed by atoms with Gasteiger partial charge in [0.15, 0.2) is 0 Å². The number of anilines is 1. The Morgan fingerprint density at radius 1 is 1.14 bits per heavy atom. The Kier molecular flexibility index (Phi) is 6.67. The van der Waals surface area contributed by atoms with Crippen LogP contribution >= 0.6 is 0 Å². The van der Waals surface area contributed by atoms with Crippen LogP contribution in [0, 0.1) is 0 Å². The second kappa shape index (κ2) is 9.59. The molecule has 0 saturated carbocycles. The van der Waals surface area contributed by atoms with Gasteiger partial charge in [-0.05, 0) is 43.0 Å². The van der Waals surface area contributed by atoms with Crippen LogP contribution in [0.2, 0.25) is 0 Å². The second-order valence-corrected chi connectivity index (χ2v) is 6.79. The molecule has 8 heteroatoms. The van der Waals surface area contributed by atoms with Crippen molar-refractivity contribution in [2.75, 3.05) is 5.73 Å². The maximum Gasteiger partial charge on any atom is 0.305 e. The Morgan fingerprint density at radius 3 is 2.76 bits per heavy atom. The number of carbonyl (C=O) groups excluding carboxylic acids is 1. The molecule has 0 aliphatic carbocycles. The number of hydrogen-bond donors (Lipinski definition) is 3. The highest BCUT2D eigenvalue weighted by Crippen LogP contribution is 2.21. The summed E-state index contributed by atoms with van der Waals surface area (Å²) in [6, 6.07) is 10.6. The molecule has 3 rings (SSSR count). The third-order valence-electron chi connectivity index (χ3n) is 4.55. The van der Waals surface area contributed by atoms with Crippen molar-refractivity contribution in [1.29, 1.82) is 0 Å². The minimum atomic E-state index is -0.982. The number of nitrogen functional groups attached to an aromatic ring is 1. The molecule has 0 radical (unpaired) electrons. The van der Waals surface area contributed by atoms with E-state index < -0.39 is 12.0 Å². The molecule has 2 heterocycles. The molecule has 4 N–H and O–H groups in total. The molecular formula is C21H23N5O3. The van der Waals surface area contributed by atoms with Gasteiger partial charge in [0.25, 0.3) is 0 Å². The predicted molar refractivity (Wildman–Crippen MR) is 109 cm³/mol. The first-order valence-electron chi connectivity index (χ1n) is 9.44. The highest BCUT2D eigenvalue weighted by atomic mass is 16.4. The minimum absolute atomic E-state index is 0.188. The maximum atomic E-state index is 12.4. The van der Waals surface area contributed by atoms with Crippen molar-refractivity contribution in [3.05, 3.63) is 60.0 Å². The first kappa shape index (κ1) is 20.2. The minimum Gasteiger partial charge on any atom is -0.481 e. The van der Waals surface area contributed by atoms with E-state index in [1.165, 1.54) is 0 Å². The van der Waals surface area contributed by atoms with Crippen molar-refractivity contribution >= 4 is 28.7 Å². The number of aryl methyl sites for hydroxylation is 1. The van der Waals surface area contributed by atoms with E-state index in [9.17, 15) is 14.7 Å². The normalized spacial score (nSPS) is 11.9. The van der Waals surface area contributed by atoms with Crippen LogP contribution < -0.4 is 11.1 Å². The zero-order valence-electron chi connectivity index (χ0n) is 15.9. The summed E-state index contributed by atoms with van der Waals surface area (Å²) >= 11 is 0. The quantitative estimate of drug-likeness (QED) is 0.476. The molecule has 3 aromatic rings. The maximum absolute atomic E-state index is 12.4. The Labute approximate surface area is 168 Å². The van der Waals surface area contributed by atoms with Crippen molar-refractivity contribution < 1.29 is 14.7 Å². The number of hydrogen-bond acceptors (Lipinski definition) is 6. The molecule has 0 aliphatic rings. The molecule has 1 aromatic carbocycles. The van der Waals surface area contributed by atoms with Gasteiger partial charge in [-0.3, -0.25) is 14.6 Å². The van der Waals surface area contributed by atoms with Crippen LogP contribution in [-0.4, -0.2) is 31.9 Å². The number of unbranched alkanes of at least 4 members (excludes halogenated alkanes) is 1. The molecule has 0 bridgehead atoms. The van der Waals surface area contributed by atoms with Crippen molar-refractivity contribution in [3.63, 3.8) is 0 Å². The van der Waals surface area contributed by atoms with Gasteiger partial charge >= 0.3 is 5.97 Å². The highest BCUT2D eigenvalue weighted by Gasteiger charge is 2.19. The number of carboxylic acids is 1. The van der Waals surface area contributed by atoms with Gasteiger partial charge in [-0.1, -0.05) is 18.2 Å². The average molecular weight is 393 g/mol. The molecule has 1 unspecified atom stereocenters. The topological polar surface area (TPSA) is 131 Å². The molecule has 0 spiro atoms. The molecule has 1 atom stereocenters. The summed E-state index contributed by atoms with van der Waals surface area (Å²) in [5.41, 5.74) is 7.89. The van der Waals surface area contributed by atoms with Crippen LogP contribution in [0.15, 0.2) is 48.8 Å². The fraction of sp³-hybridized carbons (Fsp3) is 0.286. The number of aliphatic carboxylic acids is 1.